The molecule has 0 spiro atoms. The number of methoxy groups -OCH3 is 1. The van der Waals surface area contributed by atoms with Gasteiger partial charge in [-0.15, -0.1) is 16.4 Å². The van der Waals surface area contributed by atoms with Crippen LogP contribution in [0.4, 0.5) is 0 Å². The van der Waals surface area contributed by atoms with E-state index in [1.807, 2.05) is 16.8 Å². The van der Waals surface area contributed by atoms with Gasteiger partial charge in [-0.3, -0.25) is 0 Å². The normalized spacial score (nSPS) is 21.1. The van der Waals surface area contributed by atoms with Crippen LogP contribution < -0.4 is 9.64 Å². The minimum atomic E-state index is 0.195. The monoisotopic (exact) mass is 384 g/mol. The van der Waals surface area contributed by atoms with E-state index in [1.54, 1.807) is 23.3 Å². The standard InChI is InChI=1S/C20H25N5OS/c1-15-5-3-11-24(13-15)19(18-6-4-12-27-18)20-21-22-23-25(20)14-16-7-9-17(26-2)10-8-16/h4,6-10,12,15,19H,3,5,11,13-14H2,1-2H3/p+1/t15-,19+/m1/s1. The van der Waals surface area contributed by atoms with Gasteiger partial charge in [-0.1, -0.05) is 25.1 Å². The predicted molar refractivity (Wildman–Crippen MR) is 105 cm³/mol. The Morgan fingerprint density at radius 1 is 1.30 bits per heavy atom. The first-order valence-corrected chi connectivity index (χ1v) is 10.4. The van der Waals surface area contributed by atoms with Gasteiger partial charge in [-0.25, -0.2) is 4.68 Å². The number of benzene rings is 1. The number of piperidine rings is 1. The number of aromatic nitrogens is 4. The van der Waals surface area contributed by atoms with Crippen LogP contribution in [0.25, 0.3) is 0 Å². The van der Waals surface area contributed by atoms with Crippen LogP contribution in [-0.2, 0) is 6.54 Å². The summed E-state index contributed by atoms with van der Waals surface area (Å²) >= 11 is 1.80. The van der Waals surface area contributed by atoms with Crippen molar-refractivity contribution in [3.63, 3.8) is 0 Å². The number of hydrogen-bond donors (Lipinski definition) is 1. The summed E-state index contributed by atoms with van der Waals surface area (Å²) in [6, 6.07) is 12.6. The molecule has 0 bridgehead atoms. The number of thiophene rings is 1. The van der Waals surface area contributed by atoms with Crippen molar-refractivity contribution in [2.45, 2.75) is 32.4 Å². The number of nitrogens with zero attached hydrogens (tertiary/aromatic N) is 4. The second-order valence-electron chi connectivity index (χ2n) is 7.35. The second kappa shape index (κ2) is 8.19. The topological polar surface area (TPSA) is 57.3 Å². The van der Waals surface area contributed by atoms with E-state index in [9.17, 15) is 0 Å². The van der Waals surface area contributed by atoms with Gasteiger partial charge in [0.25, 0.3) is 0 Å². The third-order valence-electron chi connectivity index (χ3n) is 5.35. The third-order valence-corrected chi connectivity index (χ3v) is 6.29. The zero-order valence-corrected chi connectivity index (χ0v) is 16.7. The number of nitrogens with one attached hydrogen (secondary N) is 1. The molecule has 0 aliphatic carbocycles. The summed E-state index contributed by atoms with van der Waals surface area (Å²) < 4.78 is 7.21. The fraction of sp³-hybridized carbons (Fsp3) is 0.450. The molecule has 1 saturated heterocycles. The number of tetrazole rings is 1. The largest absolute Gasteiger partial charge is 0.497 e. The highest BCUT2D eigenvalue weighted by Crippen LogP contribution is 2.24. The summed E-state index contributed by atoms with van der Waals surface area (Å²) in [4.78, 5) is 2.91. The maximum atomic E-state index is 5.26. The van der Waals surface area contributed by atoms with Crippen molar-refractivity contribution in [1.29, 1.82) is 0 Å². The first-order valence-electron chi connectivity index (χ1n) is 9.51. The summed E-state index contributed by atoms with van der Waals surface area (Å²) in [6.07, 6.45) is 2.58. The molecule has 7 heteroatoms. The van der Waals surface area contributed by atoms with Crippen LogP contribution in [0.1, 0.15) is 42.1 Å². The lowest BCUT2D eigenvalue weighted by atomic mass is 9.98. The quantitative estimate of drug-likeness (QED) is 0.708. The molecule has 1 aromatic carbocycles. The number of hydrogen-bond acceptors (Lipinski definition) is 5. The number of quaternary nitrogens is 1. The molecule has 1 aliphatic heterocycles. The van der Waals surface area contributed by atoms with Gasteiger partial charge >= 0.3 is 0 Å². The van der Waals surface area contributed by atoms with E-state index < -0.39 is 0 Å². The van der Waals surface area contributed by atoms with Gasteiger partial charge in [-0.05, 0) is 52.4 Å². The van der Waals surface area contributed by atoms with Crippen LogP contribution >= 0.6 is 11.3 Å². The van der Waals surface area contributed by atoms with Crippen molar-refractivity contribution in [1.82, 2.24) is 20.2 Å². The molecule has 2 aromatic heterocycles. The number of ether oxygens (including phenoxy) is 1. The summed E-state index contributed by atoms with van der Waals surface area (Å²) in [6.45, 7) is 5.35. The zero-order valence-electron chi connectivity index (χ0n) is 15.8. The molecule has 1 aliphatic rings. The first-order chi connectivity index (χ1) is 13.2. The van der Waals surface area contributed by atoms with Gasteiger partial charge in [0.2, 0.25) is 5.82 Å². The molecule has 142 valence electrons. The van der Waals surface area contributed by atoms with Crippen molar-refractivity contribution < 1.29 is 9.64 Å². The lowest BCUT2D eigenvalue weighted by Gasteiger charge is -2.33. The Kier molecular flexibility index (Phi) is 5.50. The average molecular weight is 385 g/mol. The van der Waals surface area contributed by atoms with E-state index in [1.165, 1.54) is 24.3 Å². The fourth-order valence-corrected chi connectivity index (χ4v) is 4.87. The van der Waals surface area contributed by atoms with Gasteiger partial charge in [0.1, 0.15) is 5.75 Å². The maximum Gasteiger partial charge on any atom is 0.215 e. The first kappa shape index (κ1) is 18.1. The van der Waals surface area contributed by atoms with E-state index in [4.69, 9.17) is 4.74 Å². The minimum Gasteiger partial charge on any atom is -0.497 e. The molecule has 3 heterocycles. The SMILES string of the molecule is COc1ccc(Cn2nnnc2[C@H](c2cccs2)[NH+]2CCC[C@@H](C)C2)cc1. The van der Waals surface area contributed by atoms with Crippen LogP contribution in [0.5, 0.6) is 5.75 Å². The van der Waals surface area contributed by atoms with Gasteiger partial charge in [0, 0.05) is 5.92 Å². The molecule has 1 fully saturated rings. The van der Waals surface area contributed by atoms with Crippen LogP contribution in [-0.4, -0.2) is 40.4 Å². The van der Waals surface area contributed by atoms with Crippen molar-refractivity contribution in [3.05, 3.63) is 58.0 Å². The third kappa shape index (κ3) is 4.04. The highest BCUT2D eigenvalue weighted by molar-refractivity contribution is 7.10. The van der Waals surface area contributed by atoms with E-state index in [-0.39, 0.29) is 6.04 Å². The second-order valence-corrected chi connectivity index (χ2v) is 8.33. The molecule has 0 radical (unpaired) electrons. The van der Waals surface area contributed by atoms with Gasteiger partial charge in [0.05, 0.1) is 31.6 Å². The van der Waals surface area contributed by atoms with Crippen LogP contribution in [0.15, 0.2) is 41.8 Å². The average Bonchev–Trinajstić information content (AvgIpc) is 3.36. The molecule has 3 aromatic rings. The summed E-state index contributed by atoms with van der Waals surface area (Å²) in [7, 11) is 1.68. The molecular formula is C20H26N5OS+. The van der Waals surface area contributed by atoms with E-state index in [0.29, 0.717) is 6.54 Å². The molecule has 4 rings (SSSR count). The molecule has 1 unspecified atom stereocenters. The molecular weight excluding hydrogens is 358 g/mol. The Balaban J connectivity index is 1.64. The smallest absolute Gasteiger partial charge is 0.215 e. The van der Waals surface area contributed by atoms with E-state index in [2.05, 4.69) is 52.1 Å². The molecule has 0 saturated carbocycles. The number of likely N-dealkylation sites (tertiary alicyclic amines) is 1. The Hall–Kier alpha value is -2.25. The summed E-state index contributed by atoms with van der Waals surface area (Å²) in [5.74, 6) is 2.55. The van der Waals surface area contributed by atoms with Crippen molar-refractivity contribution in [2.75, 3.05) is 20.2 Å². The highest BCUT2D eigenvalue weighted by Gasteiger charge is 2.35. The van der Waals surface area contributed by atoms with Gasteiger partial charge < -0.3 is 9.64 Å². The molecule has 1 N–H and O–H groups in total. The minimum absolute atomic E-state index is 0.195. The van der Waals surface area contributed by atoms with Crippen molar-refractivity contribution in [3.8, 4) is 5.75 Å². The predicted octanol–water partition coefficient (Wildman–Crippen LogP) is 2.20. The number of rotatable bonds is 6. The molecule has 27 heavy (non-hydrogen) atoms. The highest BCUT2D eigenvalue weighted by atomic mass is 32.1. The van der Waals surface area contributed by atoms with Gasteiger partial charge in [-0.2, -0.15) is 0 Å². The lowest BCUT2D eigenvalue weighted by molar-refractivity contribution is -0.934. The zero-order chi connectivity index (χ0) is 18.6. The summed E-state index contributed by atoms with van der Waals surface area (Å²) in [5, 5.41) is 15.0. The van der Waals surface area contributed by atoms with Crippen LogP contribution in [0, 0.1) is 5.92 Å². The molecule has 3 atom stereocenters. The van der Waals surface area contributed by atoms with Crippen molar-refractivity contribution in [2.24, 2.45) is 5.92 Å². The maximum absolute atomic E-state index is 5.26. The fourth-order valence-electron chi connectivity index (χ4n) is 3.99. The van der Waals surface area contributed by atoms with Crippen molar-refractivity contribution >= 4 is 11.3 Å². The van der Waals surface area contributed by atoms with E-state index in [0.717, 1.165) is 29.6 Å². The Morgan fingerprint density at radius 3 is 2.85 bits per heavy atom. The van der Waals surface area contributed by atoms with Gasteiger partial charge in [0.15, 0.2) is 6.04 Å². The Labute approximate surface area is 163 Å². The molecule has 6 nitrogen and oxygen atoms in total. The Morgan fingerprint density at radius 2 is 2.15 bits per heavy atom. The Bertz CT molecular complexity index is 846. The lowest BCUT2D eigenvalue weighted by Crippen LogP contribution is -3.14. The van der Waals surface area contributed by atoms with Crippen LogP contribution in [0.3, 0.4) is 0 Å². The summed E-state index contributed by atoms with van der Waals surface area (Å²) in [5.41, 5.74) is 1.16. The molecule has 0 amide bonds. The van der Waals surface area contributed by atoms with Crippen LogP contribution in [0.2, 0.25) is 0 Å². The van der Waals surface area contributed by atoms with E-state index >= 15 is 0 Å².